The van der Waals surface area contributed by atoms with Gasteiger partial charge in [0.1, 0.15) is 16.8 Å². The van der Waals surface area contributed by atoms with E-state index in [0.717, 1.165) is 27.0 Å². The van der Waals surface area contributed by atoms with E-state index in [0.29, 0.717) is 17.6 Å². The molecule has 0 saturated heterocycles. The van der Waals surface area contributed by atoms with Crippen molar-refractivity contribution in [1.82, 2.24) is 15.0 Å². The predicted molar refractivity (Wildman–Crippen MR) is 112 cm³/mol. The molecule has 4 rings (SSSR count). The molecule has 140 valence electrons. The number of nitrogens with zero attached hydrogens (tertiary/aromatic N) is 3. The van der Waals surface area contributed by atoms with Crippen LogP contribution in [0.4, 0.5) is 5.69 Å². The van der Waals surface area contributed by atoms with Gasteiger partial charge in [0.2, 0.25) is 5.91 Å². The summed E-state index contributed by atoms with van der Waals surface area (Å²) in [5, 5.41) is 11.9. The van der Waals surface area contributed by atoms with Crippen LogP contribution in [0.1, 0.15) is 5.56 Å². The van der Waals surface area contributed by atoms with Gasteiger partial charge in [-0.1, -0.05) is 28.1 Å². The summed E-state index contributed by atoms with van der Waals surface area (Å²) < 4.78 is 6.16. The number of nitrogens with one attached hydrogen (secondary N) is 1. The maximum Gasteiger partial charge on any atom is 0.228 e. The van der Waals surface area contributed by atoms with Gasteiger partial charge in [0, 0.05) is 10.2 Å². The molecule has 7 heteroatoms. The van der Waals surface area contributed by atoms with Crippen molar-refractivity contribution in [2.24, 2.45) is 0 Å². The van der Waals surface area contributed by atoms with Crippen molar-refractivity contribution in [1.29, 1.82) is 0 Å². The molecule has 4 aromatic rings. The summed E-state index contributed by atoms with van der Waals surface area (Å²) in [4.78, 5) is 13.9. The van der Waals surface area contributed by atoms with Gasteiger partial charge >= 0.3 is 0 Å². The molecule has 1 amide bonds. The number of aromatic nitrogens is 3. The fourth-order valence-corrected chi connectivity index (χ4v) is 3.08. The van der Waals surface area contributed by atoms with Gasteiger partial charge in [0.05, 0.1) is 19.2 Å². The average Bonchev–Trinajstić information content (AvgIpc) is 3.13. The first-order valence-corrected chi connectivity index (χ1v) is 9.46. The Morgan fingerprint density at radius 3 is 2.43 bits per heavy atom. The van der Waals surface area contributed by atoms with E-state index in [-0.39, 0.29) is 5.91 Å². The van der Waals surface area contributed by atoms with Gasteiger partial charge in [0.15, 0.2) is 0 Å². The fourth-order valence-electron chi connectivity index (χ4n) is 2.82. The third-order valence-electron chi connectivity index (χ3n) is 4.25. The predicted octanol–water partition coefficient (Wildman–Crippen LogP) is 4.37. The third-order valence-corrected chi connectivity index (χ3v) is 4.77. The van der Waals surface area contributed by atoms with E-state index < -0.39 is 0 Å². The molecule has 0 bridgehead atoms. The number of methoxy groups -OCH3 is 1. The standard InChI is InChI=1S/C21H17BrN4O2/c1-28-18-9-7-17(8-10-18)26-24-19-11-6-16(13-20(19)25-26)23-21(27)12-14-2-4-15(22)5-3-14/h2-11,13H,12H2,1H3,(H,23,27). The fraction of sp³-hybridized carbons (Fsp3) is 0.0952. The van der Waals surface area contributed by atoms with E-state index in [2.05, 4.69) is 31.4 Å². The van der Waals surface area contributed by atoms with Crippen LogP contribution in [0.3, 0.4) is 0 Å². The zero-order valence-corrected chi connectivity index (χ0v) is 16.7. The number of carbonyl (C=O) groups excluding carboxylic acids is 1. The summed E-state index contributed by atoms with van der Waals surface area (Å²) >= 11 is 3.39. The summed E-state index contributed by atoms with van der Waals surface area (Å²) in [5.41, 5.74) is 3.93. The molecule has 0 spiro atoms. The Morgan fingerprint density at radius 1 is 1.00 bits per heavy atom. The van der Waals surface area contributed by atoms with Crippen molar-refractivity contribution < 1.29 is 9.53 Å². The highest BCUT2D eigenvalue weighted by molar-refractivity contribution is 9.10. The number of amides is 1. The number of benzene rings is 3. The molecule has 0 aliphatic carbocycles. The van der Waals surface area contributed by atoms with Crippen molar-refractivity contribution >= 4 is 38.6 Å². The highest BCUT2D eigenvalue weighted by Crippen LogP contribution is 2.19. The number of rotatable bonds is 5. The van der Waals surface area contributed by atoms with Crippen LogP contribution < -0.4 is 10.1 Å². The van der Waals surface area contributed by atoms with Gasteiger partial charge in [-0.15, -0.1) is 10.2 Å². The Labute approximate surface area is 170 Å². The SMILES string of the molecule is COc1ccc(-n2nc3ccc(NC(=O)Cc4ccc(Br)cc4)cc3n2)cc1. The Hall–Kier alpha value is -3.19. The van der Waals surface area contributed by atoms with Gasteiger partial charge in [0.25, 0.3) is 0 Å². The summed E-state index contributed by atoms with van der Waals surface area (Å²) in [6.07, 6.45) is 0.309. The van der Waals surface area contributed by atoms with Crippen molar-refractivity contribution in [2.45, 2.75) is 6.42 Å². The largest absolute Gasteiger partial charge is 0.497 e. The number of ether oxygens (including phenoxy) is 1. The van der Waals surface area contributed by atoms with Gasteiger partial charge in [-0.2, -0.15) is 4.80 Å². The minimum Gasteiger partial charge on any atom is -0.497 e. The summed E-state index contributed by atoms with van der Waals surface area (Å²) in [6, 6.07) is 20.7. The van der Waals surface area contributed by atoms with Crippen molar-refractivity contribution in [3.8, 4) is 11.4 Å². The normalized spacial score (nSPS) is 10.8. The first-order chi connectivity index (χ1) is 13.6. The highest BCUT2D eigenvalue weighted by atomic mass is 79.9. The van der Waals surface area contributed by atoms with Crippen molar-refractivity contribution in [3.05, 3.63) is 76.8 Å². The Bertz CT molecular complexity index is 1120. The molecule has 0 saturated carbocycles. The number of carbonyl (C=O) groups is 1. The van der Waals surface area contributed by atoms with E-state index >= 15 is 0 Å². The van der Waals surface area contributed by atoms with Gasteiger partial charge in [-0.05, 0) is 60.2 Å². The Kier molecular flexibility index (Phi) is 5.08. The number of hydrogen-bond donors (Lipinski definition) is 1. The van der Waals surface area contributed by atoms with E-state index in [9.17, 15) is 4.79 Å². The first-order valence-electron chi connectivity index (χ1n) is 8.66. The molecule has 1 aromatic heterocycles. The van der Waals surface area contributed by atoms with E-state index in [4.69, 9.17) is 4.74 Å². The number of fused-ring (bicyclic) bond motifs is 1. The smallest absolute Gasteiger partial charge is 0.228 e. The third kappa shape index (κ3) is 4.04. The lowest BCUT2D eigenvalue weighted by Crippen LogP contribution is -2.14. The molecule has 3 aromatic carbocycles. The molecule has 0 unspecified atom stereocenters. The van der Waals surface area contributed by atoms with E-state index in [1.807, 2.05) is 66.7 Å². The molecule has 0 atom stereocenters. The van der Waals surface area contributed by atoms with Crippen LogP contribution in [0.25, 0.3) is 16.7 Å². The Balaban J connectivity index is 1.50. The van der Waals surface area contributed by atoms with E-state index in [1.165, 1.54) is 0 Å². The van der Waals surface area contributed by atoms with Crippen molar-refractivity contribution in [3.63, 3.8) is 0 Å². The Morgan fingerprint density at radius 2 is 1.71 bits per heavy atom. The first kappa shape index (κ1) is 18.2. The molecule has 1 N–H and O–H groups in total. The number of halogens is 1. The highest BCUT2D eigenvalue weighted by Gasteiger charge is 2.09. The second kappa shape index (κ2) is 7.82. The number of hydrogen-bond acceptors (Lipinski definition) is 4. The summed E-state index contributed by atoms with van der Waals surface area (Å²) in [6.45, 7) is 0. The second-order valence-electron chi connectivity index (χ2n) is 6.24. The van der Waals surface area contributed by atoms with Crippen LogP contribution in [-0.2, 0) is 11.2 Å². The monoisotopic (exact) mass is 436 g/mol. The lowest BCUT2D eigenvalue weighted by Gasteiger charge is -2.05. The van der Waals surface area contributed by atoms with Gasteiger partial charge in [-0.25, -0.2) is 0 Å². The maximum absolute atomic E-state index is 12.3. The molecule has 0 aliphatic rings. The maximum atomic E-state index is 12.3. The van der Waals surface area contributed by atoms with Crippen LogP contribution in [0.2, 0.25) is 0 Å². The molecular formula is C21H17BrN4O2. The topological polar surface area (TPSA) is 69.0 Å². The minimum atomic E-state index is -0.0794. The molecule has 0 fully saturated rings. The van der Waals surface area contributed by atoms with Crippen LogP contribution in [0.5, 0.6) is 5.75 Å². The van der Waals surface area contributed by atoms with Crippen molar-refractivity contribution in [2.75, 3.05) is 12.4 Å². The van der Waals surface area contributed by atoms with Crippen LogP contribution >= 0.6 is 15.9 Å². The zero-order chi connectivity index (χ0) is 19.5. The summed E-state index contributed by atoms with van der Waals surface area (Å²) in [7, 11) is 1.63. The average molecular weight is 437 g/mol. The van der Waals surface area contributed by atoms with Gasteiger partial charge < -0.3 is 10.1 Å². The molecule has 1 heterocycles. The van der Waals surface area contributed by atoms with Crippen LogP contribution in [0.15, 0.2) is 71.2 Å². The lowest BCUT2D eigenvalue weighted by atomic mass is 10.1. The quantitative estimate of drug-likeness (QED) is 0.504. The van der Waals surface area contributed by atoms with Crippen LogP contribution in [0, 0.1) is 0 Å². The molecule has 0 radical (unpaired) electrons. The van der Waals surface area contributed by atoms with E-state index in [1.54, 1.807) is 11.9 Å². The summed E-state index contributed by atoms with van der Waals surface area (Å²) in [5.74, 6) is 0.695. The minimum absolute atomic E-state index is 0.0794. The molecular weight excluding hydrogens is 420 g/mol. The second-order valence-corrected chi connectivity index (χ2v) is 7.16. The molecule has 6 nitrogen and oxygen atoms in total. The van der Waals surface area contributed by atoms with Crippen LogP contribution in [-0.4, -0.2) is 28.0 Å². The van der Waals surface area contributed by atoms with Gasteiger partial charge in [-0.3, -0.25) is 4.79 Å². The molecule has 0 aliphatic heterocycles. The zero-order valence-electron chi connectivity index (χ0n) is 15.1. The lowest BCUT2D eigenvalue weighted by molar-refractivity contribution is -0.115. The molecule has 28 heavy (non-hydrogen) atoms. The number of anilines is 1.